The summed E-state index contributed by atoms with van der Waals surface area (Å²) < 4.78 is 0. The van der Waals surface area contributed by atoms with Crippen LogP contribution in [0.5, 0.6) is 0 Å². The summed E-state index contributed by atoms with van der Waals surface area (Å²) in [5.74, 6) is 8.06. The lowest BCUT2D eigenvalue weighted by atomic mass is 9.82. The maximum atomic E-state index is 2.51. The summed E-state index contributed by atoms with van der Waals surface area (Å²) >= 11 is 0. The predicted molar refractivity (Wildman–Crippen MR) is 167 cm³/mol. The first-order chi connectivity index (χ1) is 15.4. The lowest BCUT2D eigenvalue weighted by molar-refractivity contribution is 0.277. The fraction of sp³-hybridized carbons (Fsp3) is 1.00. The monoisotopic (exact) mass is 497 g/mol. The molecule has 0 bridgehead atoms. The normalized spacial score (nSPS) is 18.5. The van der Waals surface area contributed by atoms with Gasteiger partial charge in [0.05, 0.1) is 0 Å². The first kappa shape index (κ1) is 39.5. The van der Waals surface area contributed by atoms with E-state index >= 15 is 0 Å². The predicted octanol–water partition coefficient (Wildman–Crippen LogP) is 13.1. The first-order valence-corrected chi connectivity index (χ1v) is 15.4. The number of hydrogen-bond acceptors (Lipinski definition) is 0. The van der Waals surface area contributed by atoms with Crippen molar-refractivity contribution < 1.29 is 0 Å². The Balaban J connectivity index is -0.00000512. The van der Waals surface area contributed by atoms with Gasteiger partial charge in [0.15, 0.2) is 0 Å². The molecule has 8 atom stereocenters. The van der Waals surface area contributed by atoms with Crippen LogP contribution in [-0.2, 0) is 0 Å². The van der Waals surface area contributed by atoms with E-state index in [1.54, 1.807) is 0 Å². The van der Waals surface area contributed by atoms with Gasteiger partial charge in [0, 0.05) is 0 Å². The van der Waals surface area contributed by atoms with E-state index in [1.807, 2.05) is 0 Å². The van der Waals surface area contributed by atoms with Crippen molar-refractivity contribution in [2.45, 2.75) is 174 Å². The molecule has 0 aliphatic carbocycles. The Bertz CT molecular complexity index is 424. The third-order valence-electron chi connectivity index (χ3n) is 8.38. The summed E-state index contributed by atoms with van der Waals surface area (Å²) in [4.78, 5) is 0. The quantitative estimate of drug-likeness (QED) is 0.148. The van der Waals surface area contributed by atoms with Gasteiger partial charge in [0.2, 0.25) is 0 Å². The van der Waals surface area contributed by atoms with E-state index in [1.165, 1.54) is 83.5 Å². The molecule has 216 valence electrons. The lowest BCUT2D eigenvalue weighted by Gasteiger charge is -2.24. The molecule has 35 heavy (non-hydrogen) atoms. The Morgan fingerprint density at radius 1 is 0.343 bits per heavy atom. The molecule has 0 aromatic carbocycles. The summed E-state index contributed by atoms with van der Waals surface area (Å²) in [6, 6.07) is 0. The molecule has 8 unspecified atom stereocenters. The Kier molecular flexibility index (Phi) is 26.1. The average molecular weight is 497 g/mol. The van der Waals surface area contributed by atoms with Crippen LogP contribution < -0.4 is 0 Å². The molecule has 0 heterocycles. The topological polar surface area (TPSA) is 0 Å². The van der Waals surface area contributed by atoms with Crippen LogP contribution in [-0.4, -0.2) is 0 Å². The number of hydrogen-bond donors (Lipinski definition) is 0. The van der Waals surface area contributed by atoms with Crippen molar-refractivity contribution in [3.05, 3.63) is 0 Å². The lowest BCUT2D eigenvalue weighted by Crippen LogP contribution is -2.12. The molecule has 0 aliphatic rings. The molecule has 0 saturated heterocycles. The SMILES string of the molecule is C.C.CCC(C)CC(C)CC(C)CC(C)CC(C)CCCC(C)CCCC(C)CC(C)CC(C)C. The molecule has 0 nitrogen and oxygen atoms in total. The van der Waals surface area contributed by atoms with Crippen molar-refractivity contribution in [3.63, 3.8) is 0 Å². The molecule has 0 rings (SSSR count). The maximum absolute atomic E-state index is 2.51. The molecule has 0 N–H and O–H groups in total. The highest BCUT2D eigenvalue weighted by Crippen LogP contribution is 2.29. The van der Waals surface area contributed by atoms with Crippen LogP contribution in [0.2, 0.25) is 0 Å². The highest BCUT2D eigenvalue weighted by atomic mass is 14.2. The van der Waals surface area contributed by atoms with Gasteiger partial charge >= 0.3 is 0 Å². The number of rotatable bonds is 21. The standard InChI is InChI=1S/C33H68.2CH4/c1-12-26(4)20-31(9)23-33(11)24-32(10)22-29(7)18-14-16-27(5)15-13-17-28(6)21-30(8)19-25(2)3;;/h25-33H,12-24H2,1-11H3;2*1H4. The summed E-state index contributed by atoms with van der Waals surface area (Å²) in [7, 11) is 0. The summed E-state index contributed by atoms with van der Waals surface area (Å²) in [6.45, 7) is 26.9. The second-order valence-corrected chi connectivity index (χ2v) is 13.9. The fourth-order valence-electron chi connectivity index (χ4n) is 6.80. The maximum Gasteiger partial charge on any atom is -0.0438 e. The van der Waals surface area contributed by atoms with E-state index in [0.29, 0.717) is 0 Å². The van der Waals surface area contributed by atoms with Crippen LogP contribution in [0.1, 0.15) is 174 Å². The smallest absolute Gasteiger partial charge is 0.0438 e. The molecule has 0 amide bonds. The molecule has 0 saturated carbocycles. The van der Waals surface area contributed by atoms with E-state index in [2.05, 4.69) is 76.2 Å². The van der Waals surface area contributed by atoms with Crippen LogP contribution >= 0.6 is 0 Å². The molecular formula is C35H76. The van der Waals surface area contributed by atoms with E-state index < -0.39 is 0 Å². The molecule has 0 aliphatic heterocycles. The van der Waals surface area contributed by atoms with Gasteiger partial charge in [-0.15, -0.1) is 0 Å². The van der Waals surface area contributed by atoms with E-state index in [9.17, 15) is 0 Å². The highest BCUT2D eigenvalue weighted by Gasteiger charge is 2.17. The second-order valence-electron chi connectivity index (χ2n) is 13.9. The van der Waals surface area contributed by atoms with Crippen LogP contribution in [0.3, 0.4) is 0 Å². The molecule has 0 radical (unpaired) electrons. The zero-order chi connectivity index (χ0) is 25.4. The Hall–Kier alpha value is 0. The van der Waals surface area contributed by atoms with E-state index in [0.717, 1.165) is 53.3 Å². The molecule has 0 aromatic heterocycles. The third-order valence-corrected chi connectivity index (χ3v) is 8.38. The minimum Gasteiger partial charge on any atom is -0.0776 e. The van der Waals surface area contributed by atoms with Gasteiger partial charge in [-0.3, -0.25) is 0 Å². The van der Waals surface area contributed by atoms with Crippen molar-refractivity contribution in [3.8, 4) is 0 Å². The van der Waals surface area contributed by atoms with Crippen molar-refractivity contribution in [2.24, 2.45) is 53.3 Å². The molecule has 0 fully saturated rings. The van der Waals surface area contributed by atoms with Gasteiger partial charge in [-0.05, 0) is 91.8 Å². The summed E-state index contributed by atoms with van der Waals surface area (Å²) in [5, 5.41) is 0. The zero-order valence-electron chi connectivity index (χ0n) is 25.4. The van der Waals surface area contributed by atoms with Gasteiger partial charge in [0.1, 0.15) is 0 Å². The Morgan fingerprint density at radius 2 is 0.629 bits per heavy atom. The highest BCUT2D eigenvalue weighted by molar-refractivity contribution is 4.68. The fourth-order valence-corrected chi connectivity index (χ4v) is 6.80. The molecule has 0 spiro atoms. The zero-order valence-corrected chi connectivity index (χ0v) is 25.4. The molecule has 0 heteroatoms. The van der Waals surface area contributed by atoms with Gasteiger partial charge in [-0.25, -0.2) is 0 Å². The van der Waals surface area contributed by atoms with E-state index in [4.69, 9.17) is 0 Å². The van der Waals surface area contributed by atoms with Crippen molar-refractivity contribution in [2.75, 3.05) is 0 Å². The second kappa shape index (κ2) is 23.1. The average Bonchev–Trinajstić information content (AvgIpc) is 2.66. The van der Waals surface area contributed by atoms with E-state index in [-0.39, 0.29) is 14.9 Å². The Morgan fingerprint density at radius 3 is 0.971 bits per heavy atom. The van der Waals surface area contributed by atoms with Gasteiger partial charge in [0.25, 0.3) is 0 Å². The van der Waals surface area contributed by atoms with Gasteiger partial charge in [-0.2, -0.15) is 0 Å². The van der Waals surface area contributed by atoms with Crippen LogP contribution in [0.25, 0.3) is 0 Å². The van der Waals surface area contributed by atoms with Crippen molar-refractivity contribution >= 4 is 0 Å². The van der Waals surface area contributed by atoms with Crippen LogP contribution in [0, 0.1) is 53.3 Å². The van der Waals surface area contributed by atoms with Gasteiger partial charge in [-0.1, -0.05) is 136 Å². The van der Waals surface area contributed by atoms with Crippen molar-refractivity contribution in [1.29, 1.82) is 0 Å². The molecular weight excluding hydrogens is 420 g/mol. The van der Waals surface area contributed by atoms with Crippen LogP contribution in [0.4, 0.5) is 0 Å². The van der Waals surface area contributed by atoms with Crippen molar-refractivity contribution in [1.82, 2.24) is 0 Å². The first-order valence-electron chi connectivity index (χ1n) is 15.4. The summed E-state index contributed by atoms with van der Waals surface area (Å²) in [5.41, 5.74) is 0. The largest absolute Gasteiger partial charge is 0.0776 e. The summed E-state index contributed by atoms with van der Waals surface area (Å²) in [6.07, 6.45) is 18.5. The molecule has 0 aromatic rings. The minimum absolute atomic E-state index is 0. The Labute approximate surface area is 227 Å². The third kappa shape index (κ3) is 24.1. The van der Waals surface area contributed by atoms with Gasteiger partial charge < -0.3 is 0 Å². The van der Waals surface area contributed by atoms with Crippen LogP contribution in [0.15, 0.2) is 0 Å². The minimum atomic E-state index is 0.